The third-order valence-electron chi connectivity index (χ3n) is 2.20. The fraction of sp³-hybridized carbons (Fsp3) is 0.600. The van der Waals surface area contributed by atoms with E-state index in [1.54, 1.807) is 0 Å². The van der Waals surface area contributed by atoms with Gasteiger partial charge in [0.05, 0.1) is 6.42 Å². The van der Waals surface area contributed by atoms with Crippen molar-refractivity contribution < 1.29 is 9.59 Å². The Kier molecular flexibility index (Phi) is 3.23. The van der Waals surface area contributed by atoms with Crippen molar-refractivity contribution in [3.05, 3.63) is 12.2 Å². The first-order valence-corrected chi connectivity index (χ1v) is 4.69. The predicted molar refractivity (Wildman–Crippen MR) is 50.0 cm³/mol. The molecule has 1 fully saturated rings. The average Bonchev–Trinajstić information content (AvgIpc) is 2.32. The minimum atomic E-state index is -0.180. The summed E-state index contributed by atoms with van der Waals surface area (Å²) >= 11 is 0. The number of nitrogens with zero attached hydrogens (tertiary/aromatic N) is 1. The standard InChI is InChI=1S/C10H15NO2/c1-3-4-5-6-11-9(12)7-8(2)10(11)13/h2-7H2,1H3. The monoisotopic (exact) mass is 181 g/mol. The first-order chi connectivity index (χ1) is 6.16. The molecule has 0 saturated carbocycles. The zero-order chi connectivity index (χ0) is 9.84. The van der Waals surface area contributed by atoms with Crippen LogP contribution in [0, 0.1) is 0 Å². The van der Waals surface area contributed by atoms with Crippen LogP contribution in [0.1, 0.15) is 32.6 Å². The quantitative estimate of drug-likeness (QED) is 0.374. The summed E-state index contributed by atoms with van der Waals surface area (Å²) in [4.78, 5) is 23.9. The van der Waals surface area contributed by atoms with Gasteiger partial charge in [-0.05, 0) is 6.42 Å². The van der Waals surface area contributed by atoms with Gasteiger partial charge in [-0.15, -0.1) is 0 Å². The van der Waals surface area contributed by atoms with Crippen LogP contribution < -0.4 is 0 Å². The third-order valence-corrected chi connectivity index (χ3v) is 2.20. The number of likely N-dealkylation sites (tertiary alicyclic amines) is 1. The first-order valence-electron chi connectivity index (χ1n) is 4.69. The molecule has 0 N–H and O–H groups in total. The molecule has 1 aliphatic heterocycles. The summed E-state index contributed by atoms with van der Waals surface area (Å²) in [6.07, 6.45) is 3.27. The summed E-state index contributed by atoms with van der Waals surface area (Å²) in [5, 5.41) is 0. The molecule has 0 bridgehead atoms. The Bertz CT molecular complexity index is 245. The molecule has 0 atom stereocenters. The number of rotatable bonds is 4. The van der Waals surface area contributed by atoms with Crippen LogP contribution in [0.2, 0.25) is 0 Å². The minimum Gasteiger partial charge on any atom is -0.279 e. The molecule has 1 rings (SSSR count). The normalized spacial score (nSPS) is 17.3. The molecular formula is C10H15NO2. The van der Waals surface area contributed by atoms with Crippen LogP contribution in [0.5, 0.6) is 0 Å². The number of hydrogen-bond donors (Lipinski definition) is 0. The highest BCUT2D eigenvalue weighted by Gasteiger charge is 2.31. The van der Waals surface area contributed by atoms with Crippen LogP contribution >= 0.6 is 0 Å². The fourth-order valence-corrected chi connectivity index (χ4v) is 1.40. The highest BCUT2D eigenvalue weighted by atomic mass is 16.2. The Morgan fingerprint density at radius 2 is 2.08 bits per heavy atom. The fourth-order valence-electron chi connectivity index (χ4n) is 1.40. The van der Waals surface area contributed by atoms with E-state index in [0.29, 0.717) is 12.1 Å². The van der Waals surface area contributed by atoms with Gasteiger partial charge in [-0.1, -0.05) is 26.3 Å². The number of carbonyl (C=O) groups excluding carboxylic acids is 2. The summed E-state index contributed by atoms with van der Waals surface area (Å²) in [6, 6.07) is 0. The molecule has 1 heterocycles. The molecule has 13 heavy (non-hydrogen) atoms. The Balaban J connectivity index is 2.45. The lowest BCUT2D eigenvalue weighted by Crippen LogP contribution is -2.30. The van der Waals surface area contributed by atoms with E-state index in [2.05, 4.69) is 13.5 Å². The maximum absolute atomic E-state index is 11.3. The van der Waals surface area contributed by atoms with Gasteiger partial charge < -0.3 is 0 Å². The number of hydrogen-bond acceptors (Lipinski definition) is 2. The second kappa shape index (κ2) is 4.21. The highest BCUT2D eigenvalue weighted by Crippen LogP contribution is 2.17. The SMILES string of the molecule is C=C1CC(=O)N(CCCCC)C1=O. The van der Waals surface area contributed by atoms with E-state index in [4.69, 9.17) is 0 Å². The minimum absolute atomic E-state index is 0.0916. The molecule has 0 radical (unpaired) electrons. The van der Waals surface area contributed by atoms with Gasteiger partial charge in [0.15, 0.2) is 0 Å². The molecule has 0 spiro atoms. The second-order valence-electron chi connectivity index (χ2n) is 3.34. The van der Waals surface area contributed by atoms with Crippen molar-refractivity contribution >= 4 is 11.8 Å². The molecule has 3 nitrogen and oxygen atoms in total. The lowest BCUT2D eigenvalue weighted by Gasteiger charge is -2.12. The van der Waals surface area contributed by atoms with E-state index >= 15 is 0 Å². The third kappa shape index (κ3) is 2.17. The number of imide groups is 1. The Morgan fingerprint density at radius 1 is 1.38 bits per heavy atom. The molecule has 2 amide bonds. The molecular weight excluding hydrogens is 166 g/mol. The van der Waals surface area contributed by atoms with Gasteiger partial charge in [0.25, 0.3) is 5.91 Å². The van der Waals surface area contributed by atoms with Crippen LogP contribution in [0.4, 0.5) is 0 Å². The van der Waals surface area contributed by atoms with Crippen LogP contribution in [0.15, 0.2) is 12.2 Å². The maximum Gasteiger partial charge on any atom is 0.256 e. The van der Waals surface area contributed by atoms with E-state index in [1.165, 1.54) is 4.90 Å². The number of carbonyl (C=O) groups is 2. The highest BCUT2D eigenvalue weighted by molar-refractivity contribution is 6.12. The van der Waals surface area contributed by atoms with Crippen molar-refractivity contribution in [1.29, 1.82) is 0 Å². The van der Waals surface area contributed by atoms with Gasteiger partial charge in [0, 0.05) is 12.1 Å². The van der Waals surface area contributed by atoms with Crippen LogP contribution in [0.3, 0.4) is 0 Å². The van der Waals surface area contributed by atoms with E-state index < -0.39 is 0 Å². The van der Waals surface area contributed by atoms with Crippen LogP contribution in [-0.2, 0) is 9.59 Å². The molecule has 72 valence electrons. The summed E-state index contributed by atoms with van der Waals surface area (Å²) in [5.41, 5.74) is 0.432. The van der Waals surface area contributed by atoms with Crippen molar-refractivity contribution in [3.8, 4) is 0 Å². The summed E-state index contributed by atoms with van der Waals surface area (Å²) < 4.78 is 0. The zero-order valence-corrected chi connectivity index (χ0v) is 8.01. The molecule has 0 aromatic heterocycles. The molecule has 0 unspecified atom stereocenters. The first kappa shape index (κ1) is 9.96. The van der Waals surface area contributed by atoms with Crippen molar-refractivity contribution in [3.63, 3.8) is 0 Å². The van der Waals surface area contributed by atoms with E-state index in [0.717, 1.165) is 19.3 Å². The Hall–Kier alpha value is -1.12. The Labute approximate surface area is 78.4 Å². The second-order valence-corrected chi connectivity index (χ2v) is 3.34. The molecule has 0 aliphatic carbocycles. The topological polar surface area (TPSA) is 37.4 Å². The summed E-state index contributed by atoms with van der Waals surface area (Å²) in [5.74, 6) is -0.271. The van der Waals surface area contributed by atoms with Gasteiger partial charge in [-0.2, -0.15) is 0 Å². The van der Waals surface area contributed by atoms with Crippen molar-refractivity contribution in [1.82, 2.24) is 4.90 Å². The van der Waals surface area contributed by atoms with Gasteiger partial charge in [-0.25, -0.2) is 0 Å². The lowest BCUT2D eigenvalue weighted by atomic mass is 10.2. The van der Waals surface area contributed by atoms with Crippen molar-refractivity contribution in [2.75, 3.05) is 6.54 Å². The summed E-state index contributed by atoms with van der Waals surface area (Å²) in [6.45, 7) is 6.20. The van der Waals surface area contributed by atoms with E-state index in [9.17, 15) is 9.59 Å². The maximum atomic E-state index is 11.3. The van der Waals surface area contributed by atoms with Gasteiger partial charge in [0.2, 0.25) is 5.91 Å². The summed E-state index contributed by atoms with van der Waals surface area (Å²) in [7, 11) is 0. The molecule has 3 heteroatoms. The van der Waals surface area contributed by atoms with Gasteiger partial charge in [0.1, 0.15) is 0 Å². The lowest BCUT2D eigenvalue weighted by molar-refractivity contribution is -0.137. The molecule has 0 aromatic rings. The predicted octanol–water partition coefficient (Wildman–Crippen LogP) is 1.49. The van der Waals surface area contributed by atoms with Gasteiger partial charge >= 0.3 is 0 Å². The van der Waals surface area contributed by atoms with Crippen molar-refractivity contribution in [2.45, 2.75) is 32.6 Å². The van der Waals surface area contributed by atoms with Gasteiger partial charge in [-0.3, -0.25) is 14.5 Å². The van der Waals surface area contributed by atoms with Crippen molar-refractivity contribution in [2.24, 2.45) is 0 Å². The van der Waals surface area contributed by atoms with Crippen LogP contribution in [0.25, 0.3) is 0 Å². The molecule has 1 aliphatic rings. The number of amides is 2. The van der Waals surface area contributed by atoms with E-state index in [1.807, 2.05) is 0 Å². The molecule has 1 saturated heterocycles. The van der Waals surface area contributed by atoms with Crippen LogP contribution in [-0.4, -0.2) is 23.3 Å². The largest absolute Gasteiger partial charge is 0.279 e. The number of unbranched alkanes of at least 4 members (excludes halogenated alkanes) is 2. The molecule has 0 aromatic carbocycles. The smallest absolute Gasteiger partial charge is 0.256 e. The average molecular weight is 181 g/mol. The zero-order valence-electron chi connectivity index (χ0n) is 8.01. The Morgan fingerprint density at radius 3 is 2.54 bits per heavy atom. The van der Waals surface area contributed by atoms with E-state index in [-0.39, 0.29) is 18.2 Å².